The number of hydrogen-bond acceptors (Lipinski definition) is 3. The summed E-state index contributed by atoms with van der Waals surface area (Å²) in [6, 6.07) is 14.1. The molecule has 0 heterocycles. The molecule has 0 spiro atoms. The maximum atomic E-state index is 12.9. The van der Waals surface area contributed by atoms with Crippen LogP contribution in [0.1, 0.15) is 27.6 Å². The van der Waals surface area contributed by atoms with Gasteiger partial charge in [-0.2, -0.15) is 0 Å². The SMILES string of the molecule is CCOc1ccc(NC(=O)c2cc(Cl)cc(Cl)c2NC(=O)c2ccc(Cl)cc2Cl)cc1. The normalized spacial score (nSPS) is 10.5. The summed E-state index contributed by atoms with van der Waals surface area (Å²) in [6.45, 7) is 2.42. The van der Waals surface area contributed by atoms with Gasteiger partial charge in [0, 0.05) is 15.7 Å². The molecular weight excluding hydrogens is 482 g/mol. The molecule has 0 aromatic heterocycles. The van der Waals surface area contributed by atoms with Gasteiger partial charge in [0.1, 0.15) is 5.75 Å². The third-order valence-corrected chi connectivity index (χ3v) is 5.20. The Morgan fingerprint density at radius 1 is 0.774 bits per heavy atom. The van der Waals surface area contributed by atoms with Crippen LogP contribution in [0.5, 0.6) is 5.75 Å². The van der Waals surface area contributed by atoms with E-state index in [-0.39, 0.29) is 31.9 Å². The molecule has 0 saturated carbocycles. The van der Waals surface area contributed by atoms with E-state index in [0.717, 1.165) is 0 Å². The highest BCUT2D eigenvalue weighted by molar-refractivity contribution is 6.39. The number of ether oxygens (including phenoxy) is 1. The van der Waals surface area contributed by atoms with Crippen molar-refractivity contribution in [3.63, 3.8) is 0 Å². The Balaban J connectivity index is 1.88. The fraction of sp³-hybridized carbons (Fsp3) is 0.0909. The lowest BCUT2D eigenvalue weighted by Gasteiger charge is -2.15. The summed E-state index contributed by atoms with van der Waals surface area (Å²) >= 11 is 24.4. The number of benzene rings is 3. The van der Waals surface area contributed by atoms with Crippen LogP contribution in [-0.2, 0) is 0 Å². The van der Waals surface area contributed by atoms with Gasteiger partial charge in [0.15, 0.2) is 0 Å². The van der Waals surface area contributed by atoms with Crippen molar-refractivity contribution < 1.29 is 14.3 Å². The second-order valence-electron chi connectivity index (χ2n) is 6.30. The summed E-state index contributed by atoms with van der Waals surface area (Å²) in [6.07, 6.45) is 0. The molecule has 0 atom stereocenters. The first-order valence-corrected chi connectivity index (χ1v) is 10.6. The second-order valence-corrected chi connectivity index (χ2v) is 7.99. The van der Waals surface area contributed by atoms with Crippen molar-refractivity contribution in [3.05, 3.63) is 85.8 Å². The number of carbonyl (C=O) groups is 2. The monoisotopic (exact) mass is 496 g/mol. The number of nitrogens with one attached hydrogen (secondary N) is 2. The molecule has 9 heteroatoms. The first kappa shape index (κ1) is 23.2. The average Bonchev–Trinajstić information content (AvgIpc) is 2.71. The van der Waals surface area contributed by atoms with Crippen LogP contribution in [0.4, 0.5) is 11.4 Å². The fourth-order valence-corrected chi connectivity index (χ4v) is 3.77. The van der Waals surface area contributed by atoms with Crippen molar-refractivity contribution in [1.82, 2.24) is 0 Å². The van der Waals surface area contributed by atoms with Crippen LogP contribution in [0, 0.1) is 0 Å². The van der Waals surface area contributed by atoms with Gasteiger partial charge in [0.25, 0.3) is 11.8 Å². The van der Waals surface area contributed by atoms with E-state index in [4.69, 9.17) is 51.1 Å². The van der Waals surface area contributed by atoms with E-state index in [2.05, 4.69) is 10.6 Å². The second kappa shape index (κ2) is 10.2. The molecule has 0 aliphatic carbocycles. The van der Waals surface area contributed by atoms with E-state index >= 15 is 0 Å². The molecule has 3 aromatic rings. The van der Waals surface area contributed by atoms with Gasteiger partial charge in [-0.05, 0) is 61.5 Å². The zero-order valence-electron chi connectivity index (χ0n) is 16.1. The lowest BCUT2D eigenvalue weighted by molar-refractivity contribution is 0.102. The van der Waals surface area contributed by atoms with Crippen LogP contribution in [0.15, 0.2) is 54.6 Å². The van der Waals surface area contributed by atoms with Gasteiger partial charge in [-0.25, -0.2) is 0 Å². The molecule has 0 saturated heterocycles. The molecule has 31 heavy (non-hydrogen) atoms. The summed E-state index contributed by atoms with van der Waals surface area (Å²) < 4.78 is 5.39. The molecule has 0 aliphatic rings. The van der Waals surface area contributed by atoms with Gasteiger partial charge in [-0.3, -0.25) is 9.59 Å². The largest absolute Gasteiger partial charge is 0.494 e. The van der Waals surface area contributed by atoms with Crippen molar-refractivity contribution in [2.75, 3.05) is 17.2 Å². The molecule has 0 radical (unpaired) electrons. The molecule has 160 valence electrons. The maximum absolute atomic E-state index is 12.9. The number of rotatable bonds is 6. The summed E-state index contributed by atoms with van der Waals surface area (Å²) in [5, 5.41) is 6.28. The Kier molecular flexibility index (Phi) is 7.68. The summed E-state index contributed by atoms with van der Waals surface area (Å²) in [5.74, 6) is -0.383. The van der Waals surface area contributed by atoms with Gasteiger partial charge in [-0.15, -0.1) is 0 Å². The Labute approximate surface area is 199 Å². The zero-order valence-corrected chi connectivity index (χ0v) is 19.2. The van der Waals surface area contributed by atoms with E-state index in [1.165, 1.54) is 30.3 Å². The molecule has 5 nitrogen and oxygen atoms in total. The number of halogens is 4. The van der Waals surface area contributed by atoms with Crippen LogP contribution in [0.2, 0.25) is 20.1 Å². The minimum absolute atomic E-state index is 0.0878. The van der Waals surface area contributed by atoms with Crippen LogP contribution < -0.4 is 15.4 Å². The lowest BCUT2D eigenvalue weighted by Crippen LogP contribution is -2.19. The number of amides is 2. The van der Waals surface area contributed by atoms with E-state index in [9.17, 15) is 9.59 Å². The fourth-order valence-electron chi connectivity index (χ4n) is 2.73. The average molecular weight is 498 g/mol. The van der Waals surface area contributed by atoms with Crippen molar-refractivity contribution in [1.29, 1.82) is 0 Å². The van der Waals surface area contributed by atoms with Gasteiger partial charge >= 0.3 is 0 Å². The Morgan fingerprint density at radius 2 is 1.42 bits per heavy atom. The van der Waals surface area contributed by atoms with E-state index < -0.39 is 11.8 Å². The smallest absolute Gasteiger partial charge is 0.257 e. The van der Waals surface area contributed by atoms with E-state index in [0.29, 0.717) is 23.1 Å². The van der Waals surface area contributed by atoms with Gasteiger partial charge < -0.3 is 15.4 Å². The molecule has 0 fully saturated rings. The molecule has 0 unspecified atom stereocenters. The quantitative estimate of drug-likeness (QED) is 0.378. The molecule has 3 rings (SSSR count). The van der Waals surface area contributed by atoms with E-state index in [1.54, 1.807) is 24.3 Å². The number of carbonyl (C=O) groups excluding carboxylic acids is 2. The molecule has 2 amide bonds. The van der Waals surface area contributed by atoms with Gasteiger partial charge in [0.2, 0.25) is 0 Å². The minimum Gasteiger partial charge on any atom is -0.494 e. The Bertz CT molecular complexity index is 1130. The van der Waals surface area contributed by atoms with Gasteiger partial charge in [0.05, 0.1) is 33.5 Å². The standard InChI is InChI=1S/C22H16Cl4N2O3/c1-2-31-15-6-4-14(5-7-15)27-22(30)17-9-13(24)11-19(26)20(17)28-21(29)16-8-3-12(23)10-18(16)25/h3-11H,2H2,1H3,(H,27,30)(H,28,29). The predicted molar refractivity (Wildman–Crippen MR) is 126 cm³/mol. The maximum Gasteiger partial charge on any atom is 0.257 e. The Hall–Kier alpha value is -2.44. The highest BCUT2D eigenvalue weighted by Crippen LogP contribution is 2.32. The van der Waals surface area contributed by atoms with Crippen molar-refractivity contribution in [2.45, 2.75) is 6.92 Å². The minimum atomic E-state index is -0.555. The van der Waals surface area contributed by atoms with Crippen LogP contribution in [0.3, 0.4) is 0 Å². The van der Waals surface area contributed by atoms with Gasteiger partial charge in [-0.1, -0.05) is 46.4 Å². The molecular formula is C22H16Cl4N2O3. The summed E-state index contributed by atoms with van der Waals surface area (Å²) in [5.41, 5.74) is 0.896. The summed E-state index contributed by atoms with van der Waals surface area (Å²) in [4.78, 5) is 25.7. The third kappa shape index (κ3) is 5.83. The topological polar surface area (TPSA) is 67.4 Å². The first-order valence-electron chi connectivity index (χ1n) is 9.08. The highest BCUT2D eigenvalue weighted by atomic mass is 35.5. The van der Waals surface area contributed by atoms with Crippen molar-refractivity contribution in [3.8, 4) is 5.75 Å². The predicted octanol–water partition coefficient (Wildman–Crippen LogP) is 7.20. The Morgan fingerprint density at radius 3 is 2.06 bits per heavy atom. The van der Waals surface area contributed by atoms with E-state index in [1.807, 2.05) is 6.92 Å². The molecule has 0 bridgehead atoms. The van der Waals surface area contributed by atoms with Crippen LogP contribution >= 0.6 is 46.4 Å². The lowest BCUT2D eigenvalue weighted by atomic mass is 10.1. The highest BCUT2D eigenvalue weighted by Gasteiger charge is 2.20. The van der Waals surface area contributed by atoms with Crippen LogP contribution in [0.25, 0.3) is 0 Å². The first-order chi connectivity index (χ1) is 14.8. The van der Waals surface area contributed by atoms with Crippen LogP contribution in [-0.4, -0.2) is 18.4 Å². The summed E-state index contributed by atoms with van der Waals surface area (Å²) in [7, 11) is 0. The molecule has 0 aliphatic heterocycles. The zero-order chi connectivity index (χ0) is 22.5. The molecule has 2 N–H and O–H groups in total. The number of anilines is 2. The van der Waals surface area contributed by atoms with Crippen molar-refractivity contribution in [2.24, 2.45) is 0 Å². The number of hydrogen-bond donors (Lipinski definition) is 2. The molecule has 3 aromatic carbocycles. The third-order valence-electron chi connectivity index (χ3n) is 4.14. The van der Waals surface area contributed by atoms with Crippen molar-refractivity contribution >= 4 is 69.6 Å².